The number of nitrogens with zero attached hydrogens (tertiary/aromatic N) is 6. The fourth-order valence-electron chi connectivity index (χ4n) is 18.2. The van der Waals surface area contributed by atoms with Crippen molar-refractivity contribution in [3.63, 3.8) is 0 Å². The zero-order valence-electron chi connectivity index (χ0n) is 56.7. The molecule has 0 N–H and O–H groups in total. The van der Waals surface area contributed by atoms with Crippen molar-refractivity contribution in [3.8, 4) is 62.2 Å². The molecule has 0 bridgehead atoms. The SMILES string of the molecule is [C-]#[N+]c1c(-n2c3ccccc3c3ccccc32)c(-n2c3cc(-c4cccc5ccc6ccccc6c45)ccc3c3ccc4c5ccccc5sc4c32)c(C#N)c(-n2c3ccccc3c3ccccc32)c1-n1c2cc(-c3ccccc3-c3cccc4ccccc34)ccc2c2ccc3c4ccccc4sc3c21. The first-order valence-electron chi connectivity index (χ1n) is 35.8. The van der Waals surface area contributed by atoms with E-state index >= 15 is 0 Å². The first kappa shape index (κ1) is 58.7. The molecule has 106 heavy (non-hydrogen) atoms. The van der Waals surface area contributed by atoms with Crippen LogP contribution in [0.15, 0.2) is 328 Å². The molecule has 6 nitrogen and oxygen atoms in total. The number of hydrogen-bond acceptors (Lipinski definition) is 3. The van der Waals surface area contributed by atoms with Gasteiger partial charge in [-0.05, 0) is 114 Å². The molecule has 0 saturated heterocycles. The van der Waals surface area contributed by atoms with E-state index < -0.39 is 0 Å². The summed E-state index contributed by atoms with van der Waals surface area (Å²) in [5, 5.41) is 33.6. The van der Waals surface area contributed by atoms with Gasteiger partial charge in [0.05, 0.1) is 82.9 Å². The third-order valence-corrected chi connectivity index (χ3v) is 25.0. The van der Waals surface area contributed by atoms with Gasteiger partial charge in [0.15, 0.2) is 0 Å². The standard InChI is InChI=1S/C98H54N6S2/c1-100-90-95(102-83-40-16-10-32-70(83)71-33-11-17-41-84(71)102)92(103-85-55-61(65-36-21-25-59-45-44-58-23-3-5-28-64(58)89(59)65)47-49-72(85)76-50-52-78-74-34-12-18-42-87(74)105-97(78)93(76)103)80(56-99)91(101-81-38-14-8-30-68(81)69-31-9-15-39-82(69)101)96(90)104-86-54-60(63-27-6-7-29-66(63)67-37-20-24-57-22-2-4-26-62(57)67)46-48-73(86)77-51-53-79-75-35-13-19-43-88(75)106-98(79)94(77)104/h2-55H. The van der Waals surface area contributed by atoms with Crippen LogP contribution < -0.4 is 0 Å². The lowest BCUT2D eigenvalue weighted by molar-refractivity contribution is 1.04. The van der Waals surface area contributed by atoms with Crippen molar-refractivity contribution < 1.29 is 0 Å². The lowest BCUT2D eigenvalue weighted by atomic mass is 9.91. The quantitative estimate of drug-likeness (QED) is 0.116. The van der Waals surface area contributed by atoms with Crippen LogP contribution in [0.3, 0.4) is 0 Å². The van der Waals surface area contributed by atoms with Crippen LogP contribution in [0, 0.1) is 17.9 Å². The van der Waals surface area contributed by atoms with Crippen LogP contribution in [0.1, 0.15) is 5.56 Å². The Bertz CT molecular complexity index is 7830. The van der Waals surface area contributed by atoms with Crippen LogP contribution in [0.25, 0.3) is 221 Å². The van der Waals surface area contributed by atoms with Crippen molar-refractivity contribution in [1.82, 2.24) is 18.3 Å². The van der Waals surface area contributed by atoms with Gasteiger partial charge in [0.25, 0.3) is 0 Å². The highest BCUT2D eigenvalue weighted by Crippen LogP contribution is 2.56. The molecule has 23 aromatic rings. The van der Waals surface area contributed by atoms with Crippen LogP contribution in [0.2, 0.25) is 0 Å². The van der Waals surface area contributed by atoms with Crippen LogP contribution >= 0.6 is 22.7 Å². The van der Waals surface area contributed by atoms with Gasteiger partial charge in [-0.25, -0.2) is 4.85 Å². The maximum absolute atomic E-state index is 13.7. The fraction of sp³-hybridized carbons (Fsp3) is 0. The first-order chi connectivity index (χ1) is 52.6. The van der Waals surface area contributed by atoms with Crippen LogP contribution in [-0.2, 0) is 0 Å². The van der Waals surface area contributed by atoms with E-state index in [1.54, 1.807) is 22.7 Å². The maximum Gasteiger partial charge on any atom is 0.238 e. The largest absolute Gasteiger partial charge is 0.317 e. The zero-order chi connectivity index (χ0) is 69.6. The third kappa shape index (κ3) is 8.06. The molecule has 0 amide bonds. The van der Waals surface area contributed by atoms with Crippen molar-refractivity contribution in [2.75, 3.05) is 0 Å². The molecule has 0 saturated carbocycles. The Morgan fingerprint density at radius 2 is 0.642 bits per heavy atom. The van der Waals surface area contributed by atoms with E-state index in [2.05, 4.69) is 352 Å². The van der Waals surface area contributed by atoms with Gasteiger partial charge >= 0.3 is 0 Å². The molecule has 6 aromatic heterocycles. The zero-order valence-corrected chi connectivity index (χ0v) is 58.3. The van der Waals surface area contributed by atoms with Gasteiger partial charge in [0, 0.05) is 74.0 Å². The van der Waals surface area contributed by atoms with Gasteiger partial charge in [-0.15, -0.1) is 22.7 Å². The van der Waals surface area contributed by atoms with Gasteiger partial charge in [-0.1, -0.05) is 279 Å². The summed E-state index contributed by atoms with van der Waals surface area (Å²) in [6.07, 6.45) is 0. The fourth-order valence-corrected chi connectivity index (χ4v) is 20.7. The molecule has 17 aromatic carbocycles. The molecule has 0 aliphatic heterocycles. The lowest BCUT2D eigenvalue weighted by Gasteiger charge is -2.27. The summed E-state index contributed by atoms with van der Waals surface area (Å²) in [6.45, 7) is 10.7. The van der Waals surface area contributed by atoms with Crippen molar-refractivity contribution in [2.24, 2.45) is 0 Å². The predicted molar refractivity (Wildman–Crippen MR) is 449 cm³/mol. The number of aromatic nitrogens is 4. The monoisotopic (exact) mass is 1380 g/mol. The molecule has 0 fully saturated rings. The Labute approximate surface area is 614 Å². The molecule has 0 aliphatic rings. The van der Waals surface area contributed by atoms with Crippen molar-refractivity contribution in [3.05, 3.63) is 345 Å². The second kappa shape index (κ2) is 22.3. The minimum Gasteiger partial charge on any atom is -0.317 e. The minimum absolute atomic E-state index is 0.381. The van der Waals surface area contributed by atoms with Crippen molar-refractivity contribution in [2.45, 2.75) is 0 Å². The van der Waals surface area contributed by atoms with Crippen LogP contribution in [0.5, 0.6) is 0 Å². The van der Waals surface area contributed by atoms with E-state index in [1.165, 1.54) is 26.9 Å². The number of thiophene rings is 2. The second-order valence-electron chi connectivity index (χ2n) is 27.9. The number of para-hydroxylation sites is 4. The maximum atomic E-state index is 13.7. The molecule has 0 atom stereocenters. The van der Waals surface area contributed by atoms with Gasteiger partial charge in [0.2, 0.25) is 5.69 Å². The van der Waals surface area contributed by atoms with E-state index in [-0.39, 0.29) is 0 Å². The van der Waals surface area contributed by atoms with Crippen molar-refractivity contribution in [1.29, 1.82) is 5.26 Å². The molecule has 0 spiro atoms. The molecule has 488 valence electrons. The Morgan fingerprint density at radius 1 is 0.274 bits per heavy atom. The number of rotatable bonds is 7. The summed E-state index contributed by atoms with van der Waals surface area (Å²) >= 11 is 3.57. The molecular weight excluding hydrogens is 1330 g/mol. The van der Waals surface area contributed by atoms with E-state index in [0.29, 0.717) is 34.0 Å². The van der Waals surface area contributed by atoms with Gasteiger partial charge < -0.3 is 18.3 Å². The van der Waals surface area contributed by atoms with E-state index in [0.717, 1.165) is 166 Å². The Hall–Kier alpha value is -13.9. The van der Waals surface area contributed by atoms with Gasteiger partial charge in [0.1, 0.15) is 11.6 Å². The van der Waals surface area contributed by atoms with Crippen LogP contribution in [-0.4, -0.2) is 18.3 Å². The molecule has 0 unspecified atom stereocenters. The highest BCUT2D eigenvalue weighted by Gasteiger charge is 2.36. The van der Waals surface area contributed by atoms with E-state index in [9.17, 15) is 11.8 Å². The summed E-state index contributed by atoms with van der Waals surface area (Å²) in [6, 6.07) is 122. The summed E-state index contributed by atoms with van der Waals surface area (Å²) in [5.74, 6) is 0. The van der Waals surface area contributed by atoms with Crippen LogP contribution in [0.4, 0.5) is 5.69 Å². The normalized spacial score (nSPS) is 12.1. The third-order valence-electron chi connectivity index (χ3n) is 22.6. The smallest absolute Gasteiger partial charge is 0.238 e. The summed E-state index contributed by atoms with van der Waals surface area (Å²) in [7, 11) is 0. The summed E-state index contributed by atoms with van der Waals surface area (Å²) in [4.78, 5) is 5.24. The summed E-state index contributed by atoms with van der Waals surface area (Å²) in [5.41, 5.74) is 17.0. The number of nitriles is 1. The second-order valence-corrected chi connectivity index (χ2v) is 30.0. The molecular formula is C98H54N6S2. The Morgan fingerprint density at radius 3 is 1.20 bits per heavy atom. The van der Waals surface area contributed by atoms with Gasteiger partial charge in [-0.2, -0.15) is 5.26 Å². The number of hydrogen-bond donors (Lipinski definition) is 0. The van der Waals surface area contributed by atoms with Gasteiger partial charge in [-0.3, -0.25) is 0 Å². The molecule has 8 heteroatoms. The lowest BCUT2D eigenvalue weighted by Crippen LogP contribution is -2.14. The molecule has 23 rings (SSSR count). The van der Waals surface area contributed by atoms with E-state index in [1.807, 2.05) is 0 Å². The molecule has 0 aliphatic carbocycles. The average molecular weight is 1380 g/mol. The minimum atomic E-state index is 0.381. The molecule has 0 radical (unpaired) electrons. The first-order valence-corrected chi connectivity index (χ1v) is 37.4. The topological polar surface area (TPSA) is 47.9 Å². The highest BCUT2D eigenvalue weighted by atomic mass is 32.1. The number of fused-ring (bicyclic) bond motifs is 24. The Balaban J connectivity index is 0.976. The average Bonchev–Trinajstić information content (AvgIpc) is 1.48. The Kier molecular flexibility index (Phi) is 12.4. The summed E-state index contributed by atoms with van der Waals surface area (Å²) < 4.78 is 14.0. The van der Waals surface area contributed by atoms with E-state index in [4.69, 9.17) is 4.85 Å². The number of benzene rings is 17. The van der Waals surface area contributed by atoms with Crippen molar-refractivity contribution >= 4 is 188 Å². The predicted octanol–water partition coefficient (Wildman–Crippen LogP) is 27.7. The highest BCUT2D eigenvalue weighted by molar-refractivity contribution is 7.27. The molecule has 6 heterocycles.